The van der Waals surface area contributed by atoms with Crippen LogP contribution in [0.4, 0.5) is 5.69 Å². The van der Waals surface area contributed by atoms with Gasteiger partial charge in [-0.25, -0.2) is 0 Å². The number of hydrogen-bond acceptors (Lipinski definition) is 3. The molecular weight excluding hydrogens is 240 g/mol. The minimum Gasteiger partial charge on any atom is -0.397 e. The summed E-state index contributed by atoms with van der Waals surface area (Å²) in [5.41, 5.74) is 10.3. The third-order valence-electron chi connectivity index (χ3n) is 3.04. The van der Waals surface area contributed by atoms with Crippen molar-refractivity contribution in [3.63, 3.8) is 0 Å². The van der Waals surface area contributed by atoms with Crippen LogP contribution < -0.4 is 5.73 Å². The molecular formula is C15H16N2S. The van der Waals surface area contributed by atoms with Crippen LogP contribution in [0.1, 0.15) is 29.3 Å². The SMILES string of the molecule is CCCc1c(-c2ccccc2C)sc(C#N)c1N. The summed E-state index contributed by atoms with van der Waals surface area (Å²) in [6.07, 6.45) is 1.96. The first-order valence-corrected chi connectivity index (χ1v) is 6.88. The molecule has 0 unspecified atom stereocenters. The molecule has 2 nitrogen and oxygen atoms in total. The summed E-state index contributed by atoms with van der Waals surface area (Å²) in [4.78, 5) is 1.79. The zero-order valence-electron chi connectivity index (χ0n) is 10.7. The lowest BCUT2D eigenvalue weighted by molar-refractivity contribution is 0.929. The number of anilines is 1. The summed E-state index contributed by atoms with van der Waals surface area (Å²) < 4.78 is 0. The number of rotatable bonds is 3. The summed E-state index contributed by atoms with van der Waals surface area (Å²) >= 11 is 1.51. The average Bonchev–Trinajstić information content (AvgIpc) is 2.68. The van der Waals surface area contributed by atoms with Crippen LogP contribution in [-0.2, 0) is 6.42 Å². The molecule has 2 N–H and O–H groups in total. The summed E-state index contributed by atoms with van der Waals surface area (Å²) in [7, 11) is 0. The summed E-state index contributed by atoms with van der Waals surface area (Å²) in [5, 5.41) is 9.12. The zero-order valence-corrected chi connectivity index (χ0v) is 11.5. The molecule has 18 heavy (non-hydrogen) atoms. The quantitative estimate of drug-likeness (QED) is 0.897. The highest BCUT2D eigenvalue weighted by molar-refractivity contribution is 7.16. The van der Waals surface area contributed by atoms with Crippen molar-refractivity contribution in [2.75, 3.05) is 5.73 Å². The molecule has 2 aromatic rings. The first-order valence-electron chi connectivity index (χ1n) is 6.06. The third kappa shape index (κ3) is 2.12. The van der Waals surface area contributed by atoms with Gasteiger partial charge in [0.05, 0.1) is 5.69 Å². The van der Waals surface area contributed by atoms with Gasteiger partial charge in [-0.05, 0) is 30.0 Å². The highest BCUT2D eigenvalue weighted by atomic mass is 32.1. The van der Waals surface area contributed by atoms with Crippen molar-refractivity contribution < 1.29 is 0 Å². The smallest absolute Gasteiger partial charge is 0.128 e. The molecule has 0 spiro atoms. The van der Waals surface area contributed by atoms with E-state index in [4.69, 9.17) is 11.0 Å². The van der Waals surface area contributed by atoms with Crippen LogP contribution in [-0.4, -0.2) is 0 Å². The fourth-order valence-electron chi connectivity index (χ4n) is 2.10. The van der Waals surface area contributed by atoms with Crippen molar-refractivity contribution >= 4 is 17.0 Å². The number of nitriles is 1. The lowest BCUT2D eigenvalue weighted by Gasteiger charge is -2.06. The van der Waals surface area contributed by atoms with Gasteiger partial charge < -0.3 is 5.73 Å². The van der Waals surface area contributed by atoms with Crippen molar-refractivity contribution in [3.05, 3.63) is 40.3 Å². The monoisotopic (exact) mass is 256 g/mol. The molecule has 1 aromatic carbocycles. The second kappa shape index (κ2) is 5.24. The van der Waals surface area contributed by atoms with Crippen molar-refractivity contribution in [2.45, 2.75) is 26.7 Å². The predicted octanol–water partition coefficient (Wildman–Crippen LogP) is 4.13. The van der Waals surface area contributed by atoms with E-state index < -0.39 is 0 Å². The van der Waals surface area contributed by atoms with Gasteiger partial charge in [0.1, 0.15) is 10.9 Å². The van der Waals surface area contributed by atoms with Crippen LogP contribution in [0.5, 0.6) is 0 Å². The highest BCUT2D eigenvalue weighted by Gasteiger charge is 2.17. The average molecular weight is 256 g/mol. The number of nitrogen functional groups attached to an aromatic ring is 1. The van der Waals surface area contributed by atoms with E-state index in [0.29, 0.717) is 10.6 Å². The van der Waals surface area contributed by atoms with Crippen molar-refractivity contribution in [3.8, 4) is 16.5 Å². The van der Waals surface area contributed by atoms with Gasteiger partial charge in [0.25, 0.3) is 0 Å². The fraction of sp³-hybridized carbons (Fsp3) is 0.267. The molecule has 0 aliphatic heterocycles. The molecule has 0 aliphatic carbocycles. The van der Waals surface area contributed by atoms with Gasteiger partial charge in [-0.2, -0.15) is 5.26 Å². The molecule has 0 aliphatic rings. The summed E-state index contributed by atoms with van der Waals surface area (Å²) in [6, 6.07) is 10.4. The Balaban J connectivity index is 2.64. The maximum Gasteiger partial charge on any atom is 0.128 e. The van der Waals surface area contributed by atoms with E-state index >= 15 is 0 Å². The lowest BCUT2D eigenvalue weighted by Crippen LogP contribution is -1.93. The third-order valence-corrected chi connectivity index (χ3v) is 4.22. The van der Waals surface area contributed by atoms with Crippen LogP contribution >= 0.6 is 11.3 Å². The molecule has 92 valence electrons. The minimum atomic E-state index is 0.636. The number of hydrogen-bond donors (Lipinski definition) is 1. The van der Waals surface area contributed by atoms with Crippen LogP contribution in [0.3, 0.4) is 0 Å². The van der Waals surface area contributed by atoms with Gasteiger partial charge in [0, 0.05) is 4.88 Å². The molecule has 0 radical (unpaired) electrons. The Labute approximate surface area is 112 Å². The Kier molecular flexibility index (Phi) is 3.69. The molecule has 0 saturated carbocycles. The van der Waals surface area contributed by atoms with E-state index in [-0.39, 0.29) is 0 Å². The number of thiophene rings is 1. The van der Waals surface area contributed by atoms with Gasteiger partial charge in [-0.3, -0.25) is 0 Å². The summed E-state index contributed by atoms with van der Waals surface area (Å²) in [6.45, 7) is 4.22. The van der Waals surface area contributed by atoms with Gasteiger partial charge in [-0.15, -0.1) is 11.3 Å². The highest BCUT2D eigenvalue weighted by Crippen LogP contribution is 2.40. The molecule has 2 rings (SSSR count). The maximum absolute atomic E-state index is 9.12. The predicted molar refractivity (Wildman–Crippen MR) is 77.6 cm³/mol. The van der Waals surface area contributed by atoms with E-state index in [1.807, 2.05) is 12.1 Å². The molecule has 1 aromatic heterocycles. The second-order valence-electron chi connectivity index (χ2n) is 4.33. The van der Waals surface area contributed by atoms with Gasteiger partial charge in [-0.1, -0.05) is 37.6 Å². The van der Waals surface area contributed by atoms with Crippen molar-refractivity contribution in [2.24, 2.45) is 0 Å². The Morgan fingerprint density at radius 3 is 2.67 bits per heavy atom. The zero-order chi connectivity index (χ0) is 13.1. The Hall–Kier alpha value is -1.79. The first kappa shape index (κ1) is 12.7. The Morgan fingerprint density at radius 2 is 2.06 bits per heavy atom. The van der Waals surface area contributed by atoms with Crippen LogP contribution in [0.2, 0.25) is 0 Å². The molecule has 3 heteroatoms. The molecule has 0 saturated heterocycles. The maximum atomic E-state index is 9.12. The number of nitrogens with zero attached hydrogens (tertiary/aromatic N) is 1. The van der Waals surface area contributed by atoms with Gasteiger partial charge in [0.2, 0.25) is 0 Å². The normalized spacial score (nSPS) is 10.3. The van der Waals surface area contributed by atoms with E-state index in [1.54, 1.807) is 0 Å². The van der Waals surface area contributed by atoms with E-state index in [9.17, 15) is 0 Å². The summed E-state index contributed by atoms with van der Waals surface area (Å²) in [5.74, 6) is 0. The number of nitrogens with two attached hydrogens (primary N) is 1. The molecule has 1 heterocycles. The Bertz CT molecular complexity index is 605. The fourth-order valence-corrected chi connectivity index (χ4v) is 3.26. The largest absolute Gasteiger partial charge is 0.397 e. The van der Waals surface area contributed by atoms with Crippen molar-refractivity contribution in [1.29, 1.82) is 5.26 Å². The number of aryl methyl sites for hydroxylation is 1. The molecule has 0 bridgehead atoms. The molecule has 0 amide bonds. The van der Waals surface area contributed by atoms with E-state index in [0.717, 1.165) is 23.3 Å². The minimum absolute atomic E-state index is 0.636. The lowest BCUT2D eigenvalue weighted by atomic mass is 10.0. The second-order valence-corrected chi connectivity index (χ2v) is 5.35. The first-order chi connectivity index (χ1) is 8.69. The van der Waals surface area contributed by atoms with Crippen LogP contribution in [0.15, 0.2) is 24.3 Å². The molecule has 0 atom stereocenters. The van der Waals surface area contributed by atoms with Crippen LogP contribution in [0.25, 0.3) is 10.4 Å². The van der Waals surface area contributed by atoms with Gasteiger partial charge in [0.15, 0.2) is 0 Å². The van der Waals surface area contributed by atoms with Crippen LogP contribution in [0, 0.1) is 18.3 Å². The standard InChI is InChI=1S/C15H16N2S/c1-3-6-12-14(17)13(9-16)18-15(12)11-8-5-4-7-10(11)2/h4-5,7-8H,3,6,17H2,1-2H3. The van der Waals surface area contributed by atoms with E-state index in [1.165, 1.54) is 22.5 Å². The van der Waals surface area contributed by atoms with Gasteiger partial charge >= 0.3 is 0 Å². The number of benzene rings is 1. The van der Waals surface area contributed by atoms with E-state index in [2.05, 4.69) is 32.0 Å². The topological polar surface area (TPSA) is 49.8 Å². The molecule has 0 fully saturated rings. The Morgan fingerprint density at radius 1 is 1.33 bits per heavy atom. The van der Waals surface area contributed by atoms with Crippen molar-refractivity contribution in [1.82, 2.24) is 0 Å².